The van der Waals surface area contributed by atoms with Crippen LogP contribution in [0.4, 0.5) is 5.69 Å². The second-order valence-corrected chi connectivity index (χ2v) is 9.98. The van der Waals surface area contributed by atoms with Crippen molar-refractivity contribution in [3.8, 4) is 28.7 Å². The van der Waals surface area contributed by atoms with Crippen molar-refractivity contribution in [2.45, 2.75) is 18.6 Å². The molecule has 13 heteroatoms. The molecule has 0 atom stereocenters. The van der Waals surface area contributed by atoms with Crippen LogP contribution in [0, 0.1) is 0 Å². The van der Waals surface area contributed by atoms with E-state index in [2.05, 4.69) is 20.8 Å². The van der Waals surface area contributed by atoms with Gasteiger partial charge in [0.25, 0.3) is 5.91 Å². The van der Waals surface area contributed by atoms with E-state index in [1.807, 2.05) is 13.0 Å². The largest absolute Gasteiger partial charge is 0.494 e. The maximum atomic E-state index is 13.1. The summed E-state index contributed by atoms with van der Waals surface area (Å²) in [5, 5.41) is 15.3. The Morgan fingerprint density at radius 2 is 1.67 bits per heavy atom. The van der Waals surface area contributed by atoms with E-state index in [0.29, 0.717) is 56.8 Å². The number of hydrogen-bond acceptors (Lipinski definition) is 9. The quantitative estimate of drug-likeness (QED) is 0.201. The number of carbonyl (C=O) groups excluding carboxylic acids is 2. The van der Waals surface area contributed by atoms with E-state index in [0.717, 1.165) is 5.75 Å². The van der Waals surface area contributed by atoms with Crippen molar-refractivity contribution in [1.82, 2.24) is 20.1 Å². The Hall–Kier alpha value is -4.42. The normalized spacial score (nSPS) is 10.6. The fourth-order valence-electron chi connectivity index (χ4n) is 3.98. The number of benzene rings is 3. The Bertz CT molecular complexity index is 1520. The highest BCUT2D eigenvalue weighted by Gasteiger charge is 2.20. The molecule has 1 aromatic heterocycles. The van der Waals surface area contributed by atoms with E-state index >= 15 is 0 Å². The van der Waals surface area contributed by atoms with Gasteiger partial charge in [-0.25, -0.2) is 0 Å². The molecule has 42 heavy (non-hydrogen) atoms. The Labute approximate surface area is 252 Å². The molecule has 4 rings (SSSR count). The molecule has 0 aliphatic rings. The number of nitrogens with zero attached hydrogens (tertiary/aromatic N) is 3. The van der Waals surface area contributed by atoms with Gasteiger partial charge in [0, 0.05) is 16.3 Å². The predicted molar refractivity (Wildman–Crippen MR) is 161 cm³/mol. The summed E-state index contributed by atoms with van der Waals surface area (Å²) in [5.74, 6) is 1.71. The molecule has 0 aliphatic carbocycles. The molecule has 220 valence electrons. The Morgan fingerprint density at radius 1 is 0.952 bits per heavy atom. The minimum absolute atomic E-state index is 0.0357. The lowest BCUT2D eigenvalue weighted by Crippen LogP contribution is -2.25. The van der Waals surface area contributed by atoms with E-state index < -0.39 is 0 Å². The molecular weight excluding hydrogens is 582 g/mol. The van der Waals surface area contributed by atoms with Crippen LogP contribution in [0.25, 0.3) is 5.69 Å². The standard InChI is InChI=1S/C29H30ClN5O6S/c1-5-41-22-11-9-20(10-12-22)32-26(36)17-42-29-34-33-25(35(29)21-8-6-7-19(30)15-21)16-31-28(37)18-13-23(38-2)27(40-4)24(14-18)39-3/h6-15H,5,16-17H2,1-4H3,(H,31,37)(H,32,36). The van der Waals surface area contributed by atoms with Gasteiger partial charge in [-0.3, -0.25) is 14.2 Å². The van der Waals surface area contributed by atoms with E-state index in [9.17, 15) is 9.59 Å². The minimum atomic E-state index is -0.390. The van der Waals surface area contributed by atoms with Gasteiger partial charge in [-0.2, -0.15) is 0 Å². The summed E-state index contributed by atoms with van der Waals surface area (Å²) in [6, 6.07) is 17.4. The zero-order chi connectivity index (χ0) is 30.1. The number of thioether (sulfide) groups is 1. The number of aromatic nitrogens is 3. The molecule has 0 saturated carbocycles. The van der Waals surface area contributed by atoms with E-state index in [-0.39, 0.29) is 24.1 Å². The number of nitrogens with one attached hydrogen (secondary N) is 2. The molecule has 0 fully saturated rings. The minimum Gasteiger partial charge on any atom is -0.494 e. The topological polar surface area (TPSA) is 126 Å². The van der Waals surface area contributed by atoms with Crippen molar-refractivity contribution in [2.24, 2.45) is 0 Å². The molecule has 2 N–H and O–H groups in total. The number of methoxy groups -OCH3 is 3. The van der Waals surface area contributed by atoms with Crippen LogP contribution in [0.2, 0.25) is 5.02 Å². The molecular formula is C29H30ClN5O6S. The molecule has 0 saturated heterocycles. The van der Waals surface area contributed by atoms with Crippen molar-refractivity contribution >= 4 is 40.9 Å². The number of anilines is 1. The molecule has 11 nitrogen and oxygen atoms in total. The Morgan fingerprint density at radius 3 is 2.29 bits per heavy atom. The van der Waals surface area contributed by atoms with Gasteiger partial charge in [0.05, 0.1) is 45.9 Å². The van der Waals surface area contributed by atoms with Gasteiger partial charge in [-0.1, -0.05) is 29.4 Å². The second kappa shape index (κ2) is 14.5. The summed E-state index contributed by atoms with van der Waals surface area (Å²) in [5.41, 5.74) is 1.63. The molecule has 2 amide bonds. The number of amides is 2. The Balaban J connectivity index is 1.50. The maximum Gasteiger partial charge on any atom is 0.251 e. The van der Waals surface area contributed by atoms with Crippen LogP contribution in [-0.4, -0.2) is 60.3 Å². The summed E-state index contributed by atoms with van der Waals surface area (Å²) in [7, 11) is 4.44. The van der Waals surface area contributed by atoms with Gasteiger partial charge in [0.15, 0.2) is 22.5 Å². The van der Waals surface area contributed by atoms with Crippen LogP contribution in [-0.2, 0) is 11.3 Å². The average molecular weight is 612 g/mol. The van der Waals surface area contributed by atoms with Crippen molar-refractivity contribution in [3.63, 3.8) is 0 Å². The third-order valence-electron chi connectivity index (χ3n) is 5.88. The first-order chi connectivity index (χ1) is 20.4. The summed E-state index contributed by atoms with van der Waals surface area (Å²) >= 11 is 7.47. The van der Waals surface area contributed by atoms with E-state index in [1.54, 1.807) is 59.2 Å². The van der Waals surface area contributed by atoms with Crippen molar-refractivity contribution in [3.05, 3.63) is 77.1 Å². The fourth-order valence-corrected chi connectivity index (χ4v) is 4.94. The molecule has 0 aliphatic heterocycles. The highest BCUT2D eigenvalue weighted by atomic mass is 35.5. The second-order valence-electron chi connectivity index (χ2n) is 8.61. The lowest BCUT2D eigenvalue weighted by Gasteiger charge is -2.14. The monoisotopic (exact) mass is 611 g/mol. The number of hydrogen-bond donors (Lipinski definition) is 2. The van der Waals surface area contributed by atoms with Crippen LogP contribution in [0.15, 0.2) is 65.8 Å². The fraction of sp³-hybridized carbons (Fsp3) is 0.241. The van der Waals surface area contributed by atoms with Gasteiger partial charge in [0.1, 0.15) is 5.75 Å². The first-order valence-corrected chi connectivity index (χ1v) is 14.2. The third-order valence-corrected chi connectivity index (χ3v) is 7.05. The number of rotatable bonds is 13. The maximum absolute atomic E-state index is 13.1. The SMILES string of the molecule is CCOc1ccc(NC(=O)CSc2nnc(CNC(=O)c3cc(OC)c(OC)c(OC)c3)n2-c2cccc(Cl)c2)cc1. The smallest absolute Gasteiger partial charge is 0.251 e. The van der Waals surface area contributed by atoms with Gasteiger partial charge in [-0.05, 0) is 61.5 Å². The molecule has 4 aromatic rings. The van der Waals surface area contributed by atoms with Crippen LogP contribution in [0.3, 0.4) is 0 Å². The zero-order valence-electron chi connectivity index (χ0n) is 23.5. The van der Waals surface area contributed by atoms with Gasteiger partial charge >= 0.3 is 0 Å². The first kappa shape index (κ1) is 30.5. The summed E-state index contributed by atoms with van der Waals surface area (Å²) in [6.07, 6.45) is 0. The first-order valence-electron chi connectivity index (χ1n) is 12.8. The van der Waals surface area contributed by atoms with Crippen LogP contribution < -0.4 is 29.6 Å². The molecule has 3 aromatic carbocycles. The lowest BCUT2D eigenvalue weighted by molar-refractivity contribution is -0.113. The number of ether oxygens (including phenoxy) is 4. The van der Waals surface area contributed by atoms with Crippen molar-refractivity contribution < 1.29 is 28.5 Å². The van der Waals surface area contributed by atoms with E-state index in [4.69, 9.17) is 30.5 Å². The summed E-state index contributed by atoms with van der Waals surface area (Å²) in [6.45, 7) is 2.50. The van der Waals surface area contributed by atoms with Gasteiger partial charge in [-0.15, -0.1) is 10.2 Å². The highest BCUT2D eigenvalue weighted by molar-refractivity contribution is 7.99. The summed E-state index contributed by atoms with van der Waals surface area (Å²) in [4.78, 5) is 25.8. The number of halogens is 1. The van der Waals surface area contributed by atoms with Crippen LogP contribution >= 0.6 is 23.4 Å². The van der Waals surface area contributed by atoms with Crippen LogP contribution in [0.1, 0.15) is 23.1 Å². The molecule has 0 radical (unpaired) electrons. The van der Waals surface area contributed by atoms with Crippen molar-refractivity contribution in [2.75, 3.05) is 39.0 Å². The molecule has 0 spiro atoms. The Kier molecular flexibility index (Phi) is 10.5. The molecule has 0 bridgehead atoms. The zero-order valence-corrected chi connectivity index (χ0v) is 25.0. The van der Waals surface area contributed by atoms with Crippen molar-refractivity contribution in [1.29, 1.82) is 0 Å². The highest BCUT2D eigenvalue weighted by Crippen LogP contribution is 2.38. The third kappa shape index (κ3) is 7.45. The summed E-state index contributed by atoms with van der Waals surface area (Å²) < 4.78 is 23.2. The lowest BCUT2D eigenvalue weighted by atomic mass is 10.1. The van der Waals surface area contributed by atoms with E-state index in [1.165, 1.54) is 33.1 Å². The molecule has 1 heterocycles. The molecule has 0 unspecified atom stereocenters. The predicted octanol–water partition coefficient (Wildman–Crippen LogP) is 5.01. The van der Waals surface area contributed by atoms with Crippen LogP contribution in [0.5, 0.6) is 23.0 Å². The number of carbonyl (C=O) groups is 2. The average Bonchev–Trinajstić information content (AvgIpc) is 3.41. The van der Waals surface area contributed by atoms with Gasteiger partial charge < -0.3 is 29.6 Å². The van der Waals surface area contributed by atoms with Gasteiger partial charge in [0.2, 0.25) is 11.7 Å².